The van der Waals surface area contributed by atoms with Gasteiger partial charge in [-0.2, -0.15) is 11.8 Å². The summed E-state index contributed by atoms with van der Waals surface area (Å²) >= 11 is 7.73. The van der Waals surface area contributed by atoms with E-state index in [-0.39, 0.29) is 16.5 Å². The van der Waals surface area contributed by atoms with Gasteiger partial charge in [-0.3, -0.25) is 10.1 Å². The zero-order valence-corrected chi connectivity index (χ0v) is 11.7. The van der Waals surface area contributed by atoms with E-state index in [1.807, 2.05) is 24.9 Å². The Balaban J connectivity index is 2.26. The third-order valence-corrected chi connectivity index (χ3v) is 4.70. The van der Waals surface area contributed by atoms with E-state index in [1.165, 1.54) is 5.75 Å². The second-order valence-corrected chi connectivity index (χ2v) is 5.75. The molecule has 1 aromatic carbocycles. The van der Waals surface area contributed by atoms with Gasteiger partial charge in [-0.05, 0) is 24.3 Å². The highest BCUT2D eigenvalue weighted by Crippen LogP contribution is 2.30. The number of hydrogen-bond donors (Lipinski definition) is 0. The first-order valence-corrected chi connectivity index (χ1v) is 7.46. The highest BCUT2D eigenvalue weighted by atomic mass is 35.5. The van der Waals surface area contributed by atoms with Crippen LogP contribution in [0.4, 0.5) is 11.4 Å². The largest absolute Gasteiger partial charge is 0.371 e. The predicted octanol–water partition coefficient (Wildman–Crippen LogP) is 3.28. The van der Waals surface area contributed by atoms with E-state index in [1.54, 1.807) is 12.1 Å². The zero-order chi connectivity index (χ0) is 13.1. The van der Waals surface area contributed by atoms with Crippen molar-refractivity contribution in [3.05, 3.63) is 33.9 Å². The molecule has 1 saturated heterocycles. The van der Waals surface area contributed by atoms with Gasteiger partial charge in [-0.1, -0.05) is 0 Å². The summed E-state index contributed by atoms with van der Waals surface area (Å²) < 4.78 is 0. The van der Waals surface area contributed by atoms with Crippen LogP contribution in [0.3, 0.4) is 0 Å². The number of nitrogens with zero attached hydrogens (tertiary/aromatic N) is 2. The van der Waals surface area contributed by atoms with Crippen molar-refractivity contribution < 1.29 is 4.92 Å². The van der Waals surface area contributed by atoms with Crippen LogP contribution in [0.2, 0.25) is 0 Å². The molecule has 0 bridgehead atoms. The Morgan fingerprint density at radius 2 is 2.39 bits per heavy atom. The van der Waals surface area contributed by atoms with Gasteiger partial charge >= 0.3 is 0 Å². The van der Waals surface area contributed by atoms with Crippen molar-refractivity contribution in [1.29, 1.82) is 0 Å². The van der Waals surface area contributed by atoms with E-state index in [0.717, 1.165) is 17.9 Å². The average Bonchev–Trinajstić information content (AvgIpc) is 2.90. The zero-order valence-electron chi connectivity index (χ0n) is 10.1. The molecule has 1 aromatic rings. The maximum absolute atomic E-state index is 10.8. The number of hydrogen-bond acceptors (Lipinski definition) is 4. The van der Waals surface area contributed by atoms with Crippen LogP contribution in [-0.4, -0.2) is 29.5 Å². The number of anilines is 1. The van der Waals surface area contributed by atoms with Crippen LogP contribution in [0.5, 0.6) is 0 Å². The first-order chi connectivity index (χ1) is 8.63. The Kier molecular flexibility index (Phi) is 4.35. The molecular weight excluding hydrogens is 272 g/mol. The Morgan fingerprint density at radius 1 is 1.61 bits per heavy atom. The maximum Gasteiger partial charge on any atom is 0.273 e. The van der Waals surface area contributed by atoms with E-state index in [0.29, 0.717) is 11.6 Å². The lowest BCUT2D eigenvalue weighted by Gasteiger charge is -2.26. The summed E-state index contributed by atoms with van der Waals surface area (Å²) in [6.45, 7) is 0. The van der Waals surface area contributed by atoms with Crippen molar-refractivity contribution in [3.63, 3.8) is 0 Å². The molecule has 0 aliphatic carbocycles. The van der Waals surface area contributed by atoms with Gasteiger partial charge in [-0.25, -0.2) is 0 Å². The summed E-state index contributed by atoms with van der Waals surface area (Å²) in [6, 6.07) is 5.69. The third-order valence-electron chi connectivity index (χ3n) is 3.26. The summed E-state index contributed by atoms with van der Waals surface area (Å²) in [5.74, 6) is 2.46. The van der Waals surface area contributed by atoms with Crippen molar-refractivity contribution in [2.75, 3.05) is 23.5 Å². The molecule has 1 aliphatic heterocycles. The number of rotatable bonds is 4. The molecule has 1 aliphatic rings. The SMILES string of the molecule is CN(c1ccc([N+](=O)[O-])c(CCl)c1)C1CCSC1. The Labute approximate surface area is 115 Å². The molecule has 0 saturated carbocycles. The van der Waals surface area contributed by atoms with Crippen LogP contribution in [-0.2, 0) is 5.88 Å². The van der Waals surface area contributed by atoms with Crippen LogP contribution in [0.25, 0.3) is 0 Å². The Bertz CT molecular complexity index is 450. The first kappa shape index (κ1) is 13.5. The molecule has 1 fully saturated rings. The smallest absolute Gasteiger partial charge is 0.273 e. The van der Waals surface area contributed by atoms with Crippen molar-refractivity contribution in [3.8, 4) is 0 Å². The molecule has 0 N–H and O–H groups in total. The van der Waals surface area contributed by atoms with Gasteiger partial charge < -0.3 is 4.90 Å². The number of nitro benzene ring substituents is 1. The fourth-order valence-corrected chi connectivity index (χ4v) is 3.60. The molecular formula is C12H15ClN2O2S. The van der Waals surface area contributed by atoms with Gasteiger partial charge in [0.25, 0.3) is 5.69 Å². The fourth-order valence-electron chi connectivity index (χ4n) is 2.11. The van der Waals surface area contributed by atoms with E-state index >= 15 is 0 Å². The van der Waals surface area contributed by atoms with Crippen molar-refractivity contribution in [2.24, 2.45) is 0 Å². The molecule has 0 spiro atoms. The molecule has 1 heterocycles. The molecule has 0 radical (unpaired) electrons. The second kappa shape index (κ2) is 5.80. The number of alkyl halides is 1. The lowest BCUT2D eigenvalue weighted by atomic mass is 10.1. The number of nitro groups is 1. The van der Waals surface area contributed by atoms with Gasteiger partial charge in [0.1, 0.15) is 0 Å². The van der Waals surface area contributed by atoms with Gasteiger partial charge in [0, 0.05) is 36.2 Å². The normalized spacial score (nSPS) is 18.9. The molecule has 6 heteroatoms. The first-order valence-electron chi connectivity index (χ1n) is 5.77. The topological polar surface area (TPSA) is 46.4 Å². The minimum absolute atomic E-state index is 0.1000. The molecule has 4 nitrogen and oxygen atoms in total. The quantitative estimate of drug-likeness (QED) is 0.484. The van der Waals surface area contributed by atoms with Crippen LogP contribution < -0.4 is 4.90 Å². The van der Waals surface area contributed by atoms with E-state index in [9.17, 15) is 10.1 Å². The Morgan fingerprint density at radius 3 is 2.94 bits per heavy atom. The molecule has 98 valence electrons. The minimum atomic E-state index is -0.382. The summed E-state index contributed by atoms with van der Waals surface area (Å²) in [6.07, 6.45) is 1.16. The summed E-state index contributed by atoms with van der Waals surface area (Å²) in [5.41, 5.74) is 1.68. The molecule has 2 rings (SSSR count). The van der Waals surface area contributed by atoms with Crippen LogP contribution in [0, 0.1) is 10.1 Å². The molecule has 0 amide bonds. The third kappa shape index (κ3) is 2.72. The second-order valence-electron chi connectivity index (χ2n) is 4.33. The lowest BCUT2D eigenvalue weighted by molar-refractivity contribution is -0.385. The van der Waals surface area contributed by atoms with E-state index < -0.39 is 0 Å². The van der Waals surface area contributed by atoms with E-state index in [4.69, 9.17) is 11.6 Å². The standard InChI is InChI=1S/C12H15ClN2O2S/c1-14(11-4-5-18-8-11)10-2-3-12(15(16)17)9(6-10)7-13/h2-3,6,11H,4-5,7-8H2,1H3. The summed E-state index contributed by atoms with van der Waals surface area (Å²) in [7, 11) is 2.04. The highest BCUT2D eigenvalue weighted by Gasteiger charge is 2.22. The van der Waals surface area contributed by atoms with Gasteiger partial charge in [0.05, 0.1) is 10.8 Å². The maximum atomic E-state index is 10.8. The van der Waals surface area contributed by atoms with Crippen molar-refractivity contribution >= 4 is 34.7 Å². The minimum Gasteiger partial charge on any atom is -0.371 e. The van der Waals surface area contributed by atoms with Gasteiger partial charge in [0.2, 0.25) is 0 Å². The number of thioether (sulfide) groups is 1. The van der Waals surface area contributed by atoms with Crippen molar-refractivity contribution in [2.45, 2.75) is 18.3 Å². The van der Waals surface area contributed by atoms with Crippen LogP contribution in [0.15, 0.2) is 18.2 Å². The molecule has 0 aromatic heterocycles. The van der Waals surface area contributed by atoms with Crippen LogP contribution in [0.1, 0.15) is 12.0 Å². The molecule has 1 atom stereocenters. The van der Waals surface area contributed by atoms with Crippen molar-refractivity contribution in [1.82, 2.24) is 0 Å². The molecule has 18 heavy (non-hydrogen) atoms. The monoisotopic (exact) mass is 286 g/mol. The highest BCUT2D eigenvalue weighted by molar-refractivity contribution is 7.99. The number of benzene rings is 1. The summed E-state index contributed by atoms with van der Waals surface area (Å²) in [4.78, 5) is 12.7. The predicted molar refractivity (Wildman–Crippen MR) is 76.8 cm³/mol. The fraction of sp³-hybridized carbons (Fsp3) is 0.500. The Hall–Kier alpha value is -0.940. The lowest BCUT2D eigenvalue weighted by Crippen LogP contribution is -2.31. The average molecular weight is 287 g/mol. The molecule has 1 unspecified atom stereocenters. The van der Waals surface area contributed by atoms with Gasteiger partial charge in [0.15, 0.2) is 0 Å². The van der Waals surface area contributed by atoms with E-state index in [2.05, 4.69) is 4.90 Å². The summed E-state index contributed by atoms with van der Waals surface area (Å²) in [5, 5.41) is 10.8. The van der Waals surface area contributed by atoms with Crippen LogP contribution >= 0.6 is 23.4 Å². The number of halogens is 1. The van der Waals surface area contributed by atoms with Gasteiger partial charge in [-0.15, -0.1) is 11.6 Å².